The van der Waals surface area contributed by atoms with Gasteiger partial charge in [0.05, 0.1) is 30.9 Å². The molecule has 1 aromatic heterocycles. The molecule has 2 aliphatic heterocycles. The molecule has 0 bridgehead atoms. The van der Waals surface area contributed by atoms with Crippen molar-refractivity contribution in [3.63, 3.8) is 0 Å². The maximum Gasteiger partial charge on any atom is 0.111 e. The summed E-state index contributed by atoms with van der Waals surface area (Å²) in [7, 11) is 0. The van der Waals surface area contributed by atoms with Crippen molar-refractivity contribution in [2.45, 2.75) is 38.5 Å². The van der Waals surface area contributed by atoms with Gasteiger partial charge in [0.1, 0.15) is 6.10 Å². The van der Waals surface area contributed by atoms with Crippen LogP contribution < -0.4 is 5.32 Å². The molecule has 1 aromatic rings. The minimum absolute atomic E-state index is 0.138. The smallest absolute Gasteiger partial charge is 0.111 e. The van der Waals surface area contributed by atoms with Crippen LogP contribution in [0.4, 0.5) is 0 Å². The summed E-state index contributed by atoms with van der Waals surface area (Å²) in [6.07, 6.45) is 6.65. The predicted molar refractivity (Wildman–Crippen MR) is 71.9 cm³/mol. The standard InChI is InChI=1S/C14H23N3O2/c1-2-13-11(3-5-18-13)9-17-10-16-7-12(17)14-8-15-4-6-19-14/h7,10-11,13-15H,2-6,8-9H2,1H3. The van der Waals surface area contributed by atoms with E-state index >= 15 is 0 Å². The van der Waals surface area contributed by atoms with E-state index in [0.717, 1.165) is 45.7 Å². The summed E-state index contributed by atoms with van der Waals surface area (Å²) in [4.78, 5) is 4.30. The summed E-state index contributed by atoms with van der Waals surface area (Å²) in [5.41, 5.74) is 1.19. The van der Waals surface area contributed by atoms with Crippen LogP contribution in [0, 0.1) is 5.92 Å². The second-order valence-electron chi connectivity index (χ2n) is 5.40. The Bertz CT molecular complexity index is 401. The molecular formula is C14H23N3O2. The molecule has 2 aliphatic rings. The van der Waals surface area contributed by atoms with Gasteiger partial charge in [-0.15, -0.1) is 0 Å². The number of hydrogen-bond acceptors (Lipinski definition) is 4. The van der Waals surface area contributed by atoms with Gasteiger partial charge in [0.15, 0.2) is 0 Å². The van der Waals surface area contributed by atoms with Crippen molar-refractivity contribution in [1.29, 1.82) is 0 Å². The lowest BCUT2D eigenvalue weighted by Crippen LogP contribution is -2.34. The average Bonchev–Trinajstić information content (AvgIpc) is 3.09. The number of hydrogen-bond donors (Lipinski definition) is 1. The van der Waals surface area contributed by atoms with Crippen LogP contribution in [-0.2, 0) is 16.0 Å². The highest BCUT2D eigenvalue weighted by molar-refractivity contribution is 5.05. The van der Waals surface area contributed by atoms with Gasteiger partial charge >= 0.3 is 0 Å². The number of nitrogens with one attached hydrogen (secondary N) is 1. The Morgan fingerprint density at radius 3 is 3.16 bits per heavy atom. The van der Waals surface area contributed by atoms with E-state index in [1.807, 2.05) is 12.5 Å². The summed E-state index contributed by atoms with van der Waals surface area (Å²) >= 11 is 0. The first-order valence-corrected chi connectivity index (χ1v) is 7.32. The molecule has 106 valence electrons. The monoisotopic (exact) mass is 265 g/mol. The molecule has 1 N–H and O–H groups in total. The highest BCUT2D eigenvalue weighted by Crippen LogP contribution is 2.27. The molecule has 0 aliphatic carbocycles. The lowest BCUT2D eigenvalue weighted by Gasteiger charge is -2.26. The minimum Gasteiger partial charge on any atom is -0.378 e. The lowest BCUT2D eigenvalue weighted by molar-refractivity contribution is 0.0216. The molecule has 3 atom stereocenters. The molecule has 0 spiro atoms. The molecular weight excluding hydrogens is 242 g/mol. The van der Waals surface area contributed by atoms with Crippen LogP contribution in [0.15, 0.2) is 12.5 Å². The third kappa shape index (κ3) is 2.83. The topological polar surface area (TPSA) is 48.3 Å². The number of nitrogens with zero attached hydrogens (tertiary/aromatic N) is 2. The largest absolute Gasteiger partial charge is 0.378 e. The Morgan fingerprint density at radius 1 is 1.42 bits per heavy atom. The van der Waals surface area contributed by atoms with Crippen LogP contribution in [-0.4, -0.2) is 42.0 Å². The molecule has 0 radical (unpaired) electrons. The quantitative estimate of drug-likeness (QED) is 0.893. The van der Waals surface area contributed by atoms with E-state index in [1.54, 1.807) is 0 Å². The van der Waals surface area contributed by atoms with E-state index in [2.05, 4.69) is 21.8 Å². The zero-order valence-electron chi connectivity index (χ0n) is 11.5. The van der Waals surface area contributed by atoms with Crippen LogP contribution in [0.25, 0.3) is 0 Å². The molecule has 5 heteroatoms. The number of aromatic nitrogens is 2. The van der Waals surface area contributed by atoms with E-state index in [1.165, 1.54) is 5.69 Å². The fourth-order valence-corrected chi connectivity index (χ4v) is 3.11. The molecule has 0 amide bonds. The number of imidazole rings is 1. The van der Waals surface area contributed by atoms with Gasteiger partial charge in [-0.25, -0.2) is 4.98 Å². The zero-order valence-corrected chi connectivity index (χ0v) is 11.5. The van der Waals surface area contributed by atoms with Crippen molar-refractivity contribution in [3.8, 4) is 0 Å². The first-order chi connectivity index (χ1) is 9.38. The van der Waals surface area contributed by atoms with Gasteiger partial charge in [-0.3, -0.25) is 0 Å². The summed E-state index contributed by atoms with van der Waals surface area (Å²) in [5.74, 6) is 0.606. The molecule has 2 fully saturated rings. The van der Waals surface area contributed by atoms with Crippen molar-refractivity contribution in [2.24, 2.45) is 5.92 Å². The van der Waals surface area contributed by atoms with Crippen LogP contribution in [0.1, 0.15) is 31.6 Å². The summed E-state index contributed by atoms with van der Waals surface area (Å²) in [5, 5.41) is 3.37. The maximum absolute atomic E-state index is 5.83. The third-order valence-electron chi connectivity index (χ3n) is 4.18. The van der Waals surface area contributed by atoms with Crippen molar-refractivity contribution < 1.29 is 9.47 Å². The second kappa shape index (κ2) is 6.03. The normalized spacial score (nSPS) is 31.7. The number of ether oxygens (including phenoxy) is 2. The SMILES string of the molecule is CCC1OCCC1Cn1cncc1C1CNCCO1. The van der Waals surface area contributed by atoms with Gasteiger partial charge in [-0.1, -0.05) is 6.92 Å². The zero-order chi connectivity index (χ0) is 13.1. The highest BCUT2D eigenvalue weighted by Gasteiger charge is 2.28. The first-order valence-electron chi connectivity index (χ1n) is 7.32. The van der Waals surface area contributed by atoms with E-state index in [4.69, 9.17) is 9.47 Å². The Hall–Kier alpha value is -0.910. The van der Waals surface area contributed by atoms with Gasteiger partial charge in [-0.2, -0.15) is 0 Å². The summed E-state index contributed by atoms with van der Waals surface area (Å²) < 4.78 is 13.8. The van der Waals surface area contributed by atoms with E-state index in [9.17, 15) is 0 Å². The van der Waals surface area contributed by atoms with Gasteiger partial charge in [0, 0.05) is 32.2 Å². The first kappa shape index (κ1) is 13.1. The highest BCUT2D eigenvalue weighted by atomic mass is 16.5. The Balaban J connectivity index is 1.69. The van der Waals surface area contributed by atoms with Gasteiger partial charge in [0.2, 0.25) is 0 Å². The van der Waals surface area contributed by atoms with Crippen LogP contribution >= 0.6 is 0 Å². The summed E-state index contributed by atoms with van der Waals surface area (Å²) in [6, 6.07) is 0. The second-order valence-corrected chi connectivity index (χ2v) is 5.40. The van der Waals surface area contributed by atoms with Gasteiger partial charge in [0.25, 0.3) is 0 Å². The number of morpholine rings is 1. The fraction of sp³-hybridized carbons (Fsp3) is 0.786. The maximum atomic E-state index is 5.83. The van der Waals surface area contributed by atoms with Crippen molar-refractivity contribution in [1.82, 2.24) is 14.9 Å². The molecule has 2 saturated heterocycles. The minimum atomic E-state index is 0.138. The van der Waals surface area contributed by atoms with E-state index < -0.39 is 0 Å². The molecule has 5 nitrogen and oxygen atoms in total. The lowest BCUT2D eigenvalue weighted by atomic mass is 9.99. The van der Waals surface area contributed by atoms with Crippen LogP contribution in [0.2, 0.25) is 0 Å². The Labute approximate surface area is 114 Å². The molecule has 3 heterocycles. The third-order valence-corrected chi connectivity index (χ3v) is 4.18. The summed E-state index contributed by atoms with van der Waals surface area (Å²) in [6.45, 7) is 6.69. The molecule has 0 aromatic carbocycles. The van der Waals surface area contributed by atoms with Crippen molar-refractivity contribution >= 4 is 0 Å². The van der Waals surface area contributed by atoms with Crippen LogP contribution in [0.3, 0.4) is 0 Å². The average molecular weight is 265 g/mol. The predicted octanol–water partition coefficient (Wildman–Crippen LogP) is 1.36. The molecule has 0 saturated carbocycles. The molecule has 3 rings (SSSR count). The van der Waals surface area contributed by atoms with Gasteiger partial charge < -0.3 is 19.4 Å². The van der Waals surface area contributed by atoms with Gasteiger partial charge in [-0.05, 0) is 12.8 Å². The molecule has 3 unspecified atom stereocenters. The van der Waals surface area contributed by atoms with Crippen molar-refractivity contribution in [3.05, 3.63) is 18.2 Å². The Morgan fingerprint density at radius 2 is 2.37 bits per heavy atom. The fourth-order valence-electron chi connectivity index (χ4n) is 3.11. The Kier molecular flexibility index (Phi) is 4.15. The van der Waals surface area contributed by atoms with Crippen LogP contribution in [0.5, 0.6) is 0 Å². The molecule has 19 heavy (non-hydrogen) atoms. The number of rotatable bonds is 4. The van der Waals surface area contributed by atoms with Crippen molar-refractivity contribution in [2.75, 3.05) is 26.3 Å². The van der Waals surface area contributed by atoms with E-state index in [-0.39, 0.29) is 6.10 Å². The van der Waals surface area contributed by atoms with E-state index in [0.29, 0.717) is 12.0 Å².